The molecule has 0 amide bonds. The van der Waals surface area contributed by atoms with Crippen LogP contribution in [0.15, 0.2) is 18.3 Å². The summed E-state index contributed by atoms with van der Waals surface area (Å²) in [5.41, 5.74) is 0.265. The van der Waals surface area contributed by atoms with Gasteiger partial charge in [0.1, 0.15) is 0 Å². The molecule has 17 heavy (non-hydrogen) atoms. The van der Waals surface area contributed by atoms with E-state index in [2.05, 4.69) is 14.4 Å². The van der Waals surface area contributed by atoms with E-state index in [9.17, 15) is 13.2 Å². The third-order valence-corrected chi connectivity index (χ3v) is 2.92. The van der Waals surface area contributed by atoms with Crippen LogP contribution in [0.3, 0.4) is 0 Å². The van der Waals surface area contributed by atoms with Crippen molar-refractivity contribution in [3.05, 3.63) is 18.3 Å². The molecule has 8 heteroatoms. The van der Waals surface area contributed by atoms with E-state index in [4.69, 9.17) is 4.74 Å². The summed E-state index contributed by atoms with van der Waals surface area (Å²) < 4.78 is 34.3. The minimum absolute atomic E-state index is 0.265. The molecule has 0 aliphatic heterocycles. The van der Waals surface area contributed by atoms with E-state index in [1.165, 1.54) is 25.4 Å². The van der Waals surface area contributed by atoms with Crippen LogP contribution in [0.25, 0.3) is 0 Å². The van der Waals surface area contributed by atoms with Crippen molar-refractivity contribution >= 4 is 21.7 Å². The molecular weight excluding hydrogens is 248 g/mol. The minimum atomic E-state index is -3.78. The Hall–Kier alpha value is -1.83. The Balaban J connectivity index is 2.79. The van der Waals surface area contributed by atoms with E-state index in [0.717, 1.165) is 7.11 Å². The highest BCUT2D eigenvalue weighted by Crippen LogP contribution is 2.14. The van der Waals surface area contributed by atoms with Crippen LogP contribution in [-0.2, 0) is 19.6 Å². The SMILES string of the molecule is COC(=O)CS(=O)(=O)Nc1ccnc(OC)c1. The number of rotatable bonds is 5. The Morgan fingerprint density at radius 3 is 2.76 bits per heavy atom. The predicted molar refractivity (Wildman–Crippen MR) is 60.2 cm³/mol. The van der Waals surface area contributed by atoms with Gasteiger partial charge in [-0.05, 0) is 6.07 Å². The fourth-order valence-electron chi connectivity index (χ4n) is 1.01. The van der Waals surface area contributed by atoms with E-state index in [-0.39, 0.29) is 11.6 Å². The zero-order valence-electron chi connectivity index (χ0n) is 9.34. The van der Waals surface area contributed by atoms with Crippen molar-refractivity contribution in [3.63, 3.8) is 0 Å². The highest BCUT2D eigenvalue weighted by atomic mass is 32.2. The number of nitrogens with one attached hydrogen (secondary N) is 1. The molecule has 94 valence electrons. The summed E-state index contributed by atoms with van der Waals surface area (Å²) in [5, 5.41) is 0. The third kappa shape index (κ3) is 4.27. The van der Waals surface area contributed by atoms with Gasteiger partial charge in [-0.15, -0.1) is 0 Å². The predicted octanol–water partition coefficient (Wildman–Crippen LogP) is 0.00490. The second-order valence-corrected chi connectivity index (χ2v) is 4.75. The van der Waals surface area contributed by atoms with Crippen LogP contribution in [0.4, 0.5) is 5.69 Å². The van der Waals surface area contributed by atoms with Crippen molar-refractivity contribution < 1.29 is 22.7 Å². The first-order valence-corrected chi connectivity index (χ1v) is 6.19. The number of methoxy groups -OCH3 is 2. The third-order valence-electron chi connectivity index (χ3n) is 1.75. The summed E-state index contributed by atoms with van der Waals surface area (Å²) in [6, 6.07) is 2.84. The molecule has 0 saturated carbocycles. The van der Waals surface area contributed by atoms with Crippen LogP contribution in [0.1, 0.15) is 0 Å². The van der Waals surface area contributed by atoms with E-state index in [1.807, 2.05) is 0 Å². The van der Waals surface area contributed by atoms with Crippen LogP contribution >= 0.6 is 0 Å². The van der Waals surface area contributed by atoms with E-state index >= 15 is 0 Å². The number of hydrogen-bond acceptors (Lipinski definition) is 6. The maximum Gasteiger partial charge on any atom is 0.322 e. The standard InChI is InChI=1S/C9H12N2O5S/c1-15-8-5-7(3-4-10-8)11-17(13,14)6-9(12)16-2/h3-5H,6H2,1-2H3,(H,10,11). The Morgan fingerprint density at radius 2 is 2.18 bits per heavy atom. The molecule has 0 bridgehead atoms. The van der Waals surface area contributed by atoms with Gasteiger partial charge in [-0.1, -0.05) is 0 Å². The van der Waals surface area contributed by atoms with Gasteiger partial charge in [-0.2, -0.15) is 0 Å². The molecule has 0 fully saturated rings. The Bertz CT molecular complexity index is 500. The number of hydrogen-bond donors (Lipinski definition) is 1. The van der Waals surface area contributed by atoms with Crippen molar-refractivity contribution in [2.45, 2.75) is 0 Å². The summed E-state index contributed by atoms with van der Waals surface area (Å²) in [7, 11) is -1.25. The van der Waals surface area contributed by atoms with Crippen LogP contribution in [0.2, 0.25) is 0 Å². The number of carbonyl (C=O) groups is 1. The van der Waals surface area contributed by atoms with Gasteiger partial charge in [-0.25, -0.2) is 13.4 Å². The quantitative estimate of drug-likeness (QED) is 0.749. The molecule has 1 rings (SSSR count). The first-order valence-electron chi connectivity index (χ1n) is 4.54. The van der Waals surface area contributed by atoms with E-state index < -0.39 is 21.7 Å². The van der Waals surface area contributed by atoms with Gasteiger partial charge in [0, 0.05) is 12.3 Å². The van der Waals surface area contributed by atoms with Crippen LogP contribution in [0, 0.1) is 0 Å². The van der Waals surface area contributed by atoms with Crippen molar-refractivity contribution in [3.8, 4) is 5.88 Å². The van der Waals surface area contributed by atoms with Crippen molar-refractivity contribution in [1.29, 1.82) is 0 Å². The fraction of sp³-hybridized carbons (Fsp3) is 0.333. The smallest absolute Gasteiger partial charge is 0.322 e. The number of anilines is 1. The molecule has 0 saturated heterocycles. The molecule has 0 radical (unpaired) electrons. The van der Waals surface area contributed by atoms with Crippen molar-refractivity contribution in [2.24, 2.45) is 0 Å². The summed E-state index contributed by atoms with van der Waals surface area (Å²) in [6.45, 7) is 0. The van der Waals surface area contributed by atoms with E-state index in [1.54, 1.807) is 0 Å². The Morgan fingerprint density at radius 1 is 1.47 bits per heavy atom. The molecule has 0 spiro atoms. The molecule has 1 aromatic rings. The largest absolute Gasteiger partial charge is 0.481 e. The second-order valence-electron chi connectivity index (χ2n) is 3.02. The maximum absolute atomic E-state index is 11.5. The lowest BCUT2D eigenvalue weighted by molar-refractivity contribution is -0.137. The van der Waals surface area contributed by atoms with Gasteiger partial charge in [0.15, 0.2) is 5.75 Å². The molecule has 1 N–H and O–H groups in total. The van der Waals surface area contributed by atoms with Crippen LogP contribution in [-0.4, -0.2) is 39.3 Å². The van der Waals surface area contributed by atoms with Gasteiger partial charge in [0.2, 0.25) is 15.9 Å². The summed E-state index contributed by atoms with van der Waals surface area (Å²) in [5.74, 6) is -1.31. The molecule has 1 heterocycles. The van der Waals surface area contributed by atoms with Gasteiger partial charge in [-0.3, -0.25) is 9.52 Å². The van der Waals surface area contributed by atoms with Gasteiger partial charge in [0.05, 0.1) is 19.9 Å². The maximum atomic E-state index is 11.5. The monoisotopic (exact) mass is 260 g/mol. The Labute approximate surface area is 98.8 Å². The number of sulfonamides is 1. The summed E-state index contributed by atoms with van der Waals surface area (Å²) in [4.78, 5) is 14.7. The molecule has 7 nitrogen and oxygen atoms in total. The van der Waals surface area contributed by atoms with Gasteiger partial charge >= 0.3 is 5.97 Å². The molecule has 0 aliphatic carbocycles. The summed E-state index contributed by atoms with van der Waals surface area (Å²) >= 11 is 0. The Kier molecular flexibility index (Phi) is 4.27. The van der Waals surface area contributed by atoms with Crippen molar-refractivity contribution in [1.82, 2.24) is 4.98 Å². The number of ether oxygens (including phenoxy) is 2. The molecule has 0 aromatic carbocycles. The molecule has 0 unspecified atom stereocenters. The lowest BCUT2D eigenvalue weighted by atomic mass is 10.4. The number of carbonyl (C=O) groups excluding carboxylic acids is 1. The zero-order chi connectivity index (χ0) is 12.9. The summed E-state index contributed by atoms with van der Waals surface area (Å²) in [6.07, 6.45) is 1.38. The molecular formula is C9H12N2O5S. The van der Waals surface area contributed by atoms with Crippen molar-refractivity contribution in [2.75, 3.05) is 24.7 Å². The highest BCUT2D eigenvalue weighted by Gasteiger charge is 2.17. The first-order chi connectivity index (χ1) is 7.96. The average molecular weight is 260 g/mol. The van der Waals surface area contributed by atoms with Gasteiger partial charge < -0.3 is 9.47 Å². The first kappa shape index (κ1) is 13.2. The molecule has 1 aromatic heterocycles. The normalized spacial score (nSPS) is 10.7. The lowest BCUT2D eigenvalue weighted by Crippen LogP contribution is -2.23. The minimum Gasteiger partial charge on any atom is -0.481 e. The number of aromatic nitrogens is 1. The van der Waals surface area contributed by atoms with Gasteiger partial charge in [0.25, 0.3) is 0 Å². The number of pyridine rings is 1. The van der Waals surface area contributed by atoms with E-state index in [0.29, 0.717) is 0 Å². The topological polar surface area (TPSA) is 94.6 Å². The zero-order valence-corrected chi connectivity index (χ0v) is 10.2. The van der Waals surface area contributed by atoms with Crippen LogP contribution in [0.5, 0.6) is 5.88 Å². The fourth-order valence-corrected chi connectivity index (χ4v) is 2.00. The number of esters is 1. The highest BCUT2D eigenvalue weighted by molar-refractivity contribution is 7.93. The lowest BCUT2D eigenvalue weighted by Gasteiger charge is -2.07. The van der Waals surface area contributed by atoms with Crippen LogP contribution < -0.4 is 9.46 Å². The molecule has 0 atom stereocenters. The second kappa shape index (κ2) is 5.48. The number of nitrogens with zero attached hydrogens (tertiary/aromatic N) is 1. The molecule has 0 aliphatic rings. The average Bonchev–Trinajstić information content (AvgIpc) is 2.27.